The van der Waals surface area contributed by atoms with Gasteiger partial charge in [-0.3, -0.25) is 14.9 Å². The third-order valence-corrected chi connectivity index (χ3v) is 5.43. The van der Waals surface area contributed by atoms with Crippen molar-refractivity contribution in [3.63, 3.8) is 0 Å². The number of nitrogens with zero attached hydrogens (tertiary/aromatic N) is 1. The molecule has 0 bridgehead atoms. The molecular formula is C15H17N3O4S2. The average Bonchev–Trinajstić information content (AvgIpc) is 2.91. The third kappa shape index (κ3) is 4.18. The number of primary amides is 1. The Labute approximate surface area is 147 Å². The Bertz CT molecular complexity index is 761. The molecule has 0 aliphatic rings. The fourth-order valence-corrected chi connectivity index (χ4v) is 3.81. The van der Waals surface area contributed by atoms with Gasteiger partial charge in [-0.1, -0.05) is 17.4 Å². The normalized spacial score (nSPS) is 10.3. The van der Waals surface area contributed by atoms with Gasteiger partial charge in [0.2, 0.25) is 5.91 Å². The van der Waals surface area contributed by atoms with E-state index in [4.69, 9.17) is 15.2 Å². The molecule has 9 heteroatoms. The number of nitrogens with two attached hydrogens (primary N) is 1. The number of para-hydroxylation sites is 1. The zero-order valence-electron chi connectivity index (χ0n) is 13.4. The Morgan fingerprint density at radius 3 is 2.71 bits per heavy atom. The van der Waals surface area contributed by atoms with Crippen molar-refractivity contribution in [3.05, 3.63) is 29.5 Å². The van der Waals surface area contributed by atoms with E-state index in [1.807, 2.05) is 6.92 Å². The number of amides is 2. The van der Waals surface area contributed by atoms with Crippen LogP contribution in [0.2, 0.25) is 0 Å². The van der Waals surface area contributed by atoms with Gasteiger partial charge in [0.15, 0.2) is 16.6 Å². The minimum absolute atomic E-state index is 0.167. The summed E-state index contributed by atoms with van der Waals surface area (Å²) in [4.78, 5) is 27.7. The molecule has 0 atom stereocenters. The summed E-state index contributed by atoms with van der Waals surface area (Å²) >= 11 is 2.59. The van der Waals surface area contributed by atoms with Gasteiger partial charge in [-0.15, -0.1) is 11.8 Å². The Morgan fingerprint density at radius 1 is 1.33 bits per heavy atom. The fourth-order valence-electron chi connectivity index (χ4n) is 1.94. The van der Waals surface area contributed by atoms with Gasteiger partial charge >= 0.3 is 0 Å². The highest BCUT2D eigenvalue weighted by Gasteiger charge is 2.18. The highest BCUT2D eigenvalue weighted by atomic mass is 32.2. The molecule has 2 amide bonds. The fraction of sp³-hybridized carbons (Fsp3) is 0.267. The second kappa shape index (κ2) is 8.02. The molecule has 3 N–H and O–H groups in total. The van der Waals surface area contributed by atoms with E-state index in [1.165, 1.54) is 37.3 Å². The van der Waals surface area contributed by atoms with Crippen LogP contribution in [-0.2, 0) is 4.79 Å². The van der Waals surface area contributed by atoms with Crippen LogP contribution in [0.4, 0.5) is 5.13 Å². The Hall–Kier alpha value is -2.26. The summed E-state index contributed by atoms with van der Waals surface area (Å²) in [6.45, 7) is 1.81. The molecule has 0 unspecified atom stereocenters. The maximum Gasteiger partial charge on any atom is 0.261 e. The number of methoxy groups -OCH3 is 2. The Morgan fingerprint density at radius 2 is 2.08 bits per heavy atom. The molecule has 128 valence electrons. The van der Waals surface area contributed by atoms with Crippen molar-refractivity contribution >= 4 is 40.0 Å². The quantitative estimate of drug-likeness (QED) is 0.728. The predicted octanol–water partition coefficient (Wildman–Crippen LogP) is 2.30. The van der Waals surface area contributed by atoms with E-state index in [2.05, 4.69) is 10.3 Å². The second-order valence-corrected chi connectivity index (χ2v) is 6.89. The van der Waals surface area contributed by atoms with Gasteiger partial charge in [-0.05, 0) is 19.1 Å². The molecule has 24 heavy (non-hydrogen) atoms. The molecule has 0 radical (unpaired) electrons. The van der Waals surface area contributed by atoms with Crippen molar-refractivity contribution in [2.24, 2.45) is 5.73 Å². The number of thioether (sulfide) groups is 1. The lowest BCUT2D eigenvalue weighted by atomic mass is 10.1. The lowest BCUT2D eigenvalue weighted by molar-refractivity contribution is -0.115. The average molecular weight is 367 g/mol. The lowest BCUT2D eigenvalue weighted by Gasteiger charge is -2.11. The number of rotatable bonds is 7. The zero-order chi connectivity index (χ0) is 17.7. The third-order valence-electron chi connectivity index (χ3n) is 2.97. The SMILES string of the molecule is COc1cccc(C(=O)Nc2nc(C)c(SCC(N)=O)s2)c1OC. The van der Waals surface area contributed by atoms with Gasteiger partial charge in [0.25, 0.3) is 5.91 Å². The van der Waals surface area contributed by atoms with Crippen LogP contribution >= 0.6 is 23.1 Å². The van der Waals surface area contributed by atoms with Gasteiger partial charge < -0.3 is 15.2 Å². The standard InChI is InChI=1S/C15H17N3O4S2/c1-8-14(23-7-11(16)19)24-15(17-8)18-13(20)9-5-4-6-10(21-2)12(9)22-3/h4-6H,7H2,1-3H3,(H2,16,19)(H,17,18,20). The van der Waals surface area contributed by atoms with Crippen LogP contribution in [0.1, 0.15) is 16.1 Å². The molecule has 1 heterocycles. The molecule has 1 aromatic carbocycles. The van der Waals surface area contributed by atoms with E-state index in [9.17, 15) is 9.59 Å². The van der Waals surface area contributed by atoms with Crippen LogP contribution in [0.5, 0.6) is 11.5 Å². The van der Waals surface area contributed by atoms with E-state index in [-0.39, 0.29) is 11.7 Å². The van der Waals surface area contributed by atoms with Crippen molar-refractivity contribution in [1.29, 1.82) is 0 Å². The molecule has 0 aliphatic heterocycles. The largest absolute Gasteiger partial charge is 0.493 e. The zero-order valence-corrected chi connectivity index (χ0v) is 15.0. The van der Waals surface area contributed by atoms with Crippen LogP contribution in [0.3, 0.4) is 0 Å². The number of ether oxygens (including phenoxy) is 2. The maximum atomic E-state index is 12.5. The van der Waals surface area contributed by atoms with Gasteiger partial charge in [0.05, 0.1) is 35.4 Å². The molecule has 0 spiro atoms. The molecule has 0 aliphatic carbocycles. The summed E-state index contributed by atoms with van der Waals surface area (Å²) in [5.41, 5.74) is 6.22. The monoisotopic (exact) mass is 367 g/mol. The molecular weight excluding hydrogens is 350 g/mol. The number of aromatic nitrogens is 1. The Balaban J connectivity index is 2.18. The Kier molecular flexibility index (Phi) is 6.04. The van der Waals surface area contributed by atoms with Crippen LogP contribution < -0.4 is 20.5 Å². The second-order valence-electron chi connectivity index (χ2n) is 4.64. The molecule has 0 fully saturated rings. The molecule has 1 aromatic heterocycles. The first-order valence-electron chi connectivity index (χ1n) is 6.87. The summed E-state index contributed by atoms with van der Waals surface area (Å²) in [5.74, 6) is 0.234. The first-order chi connectivity index (χ1) is 11.5. The van der Waals surface area contributed by atoms with E-state index in [0.717, 1.165) is 9.90 Å². The number of carbonyl (C=O) groups excluding carboxylic acids is 2. The first-order valence-corrected chi connectivity index (χ1v) is 8.67. The maximum absolute atomic E-state index is 12.5. The summed E-state index contributed by atoms with van der Waals surface area (Å²) in [5, 5.41) is 3.18. The van der Waals surface area contributed by atoms with Crippen LogP contribution in [0, 0.1) is 6.92 Å². The van der Waals surface area contributed by atoms with E-state index in [0.29, 0.717) is 22.2 Å². The summed E-state index contributed by atoms with van der Waals surface area (Å²) < 4.78 is 11.3. The predicted molar refractivity (Wildman–Crippen MR) is 94.3 cm³/mol. The van der Waals surface area contributed by atoms with Crippen molar-refractivity contribution < 1.29 is 19.1 Å². The van der Waals surface area contributed by atoms with E-state index >= 15 is 0 Å². The smallest absolute Gasteiger partial charge is 0.261 e. The van der Waals surface area contributed by atoms with Gasteiger partial charge in [-0.25, -0.2) is 4.98 Å². The summed E-state index contributed by atoms with van der Waals surface area (Å²) in [7, 11) is 2.98. The highest BCUT2D eigenvalue weighted by molar-refractivity contribution is 8.01. The number of carbonyl (C=O) groups is 2. The number of hydrogen-bond acceptors (Lipinski definition) is 7. The van der Waals surface area contributed by atoms with Gasteiger partial charge in [-0.2, -0.15) is 0 Å². The minimum atomic E-state index is -0.403. The number of nitrogens with one attached hydrogen (secondary N) is 1. The molecule has 0 saturated heterocycles. The van der Waals surface area contributed by atoms with Crippen molar-refractivity contribution in [1.82, 2.24) is 4.98 Å². The van der Waals surface area contributed by atoms with Crippen LogP contribution in [0.15, 0.2) is 22.4 Å². The van der Waals surface area contributed by atoms with Gasteiger partial charge in [0, 0.05) is 0 Å². The number of aryl methyl sites for hydroxylation is 1. The highest BCUT2D eigenvalue weighted by Crippen LogP contribution is 2.34. The topological polar surface area (TPSA) is 104 Å². The summed E-state index contributed by atoms with van der Waals surface area (Å²) in [6.07, 6.45) is 0. The minimum Gasteiger partial charge on any atom is -0.493 e. The number of benzene rings is 1. The van der Waals surface area contributed by atoms with E-state index in [1.54, 1.807) is 18.2 Å². The van der Waals surface area contributed by atoms with Crippen LogP contribution in [0.25, 0.3) is 0 Å². The number of anilines is 1. The summed E-state index contributed by atoms with van der Waals surface area (Å²) in [6, 6.07) is 5.05. The number of hydrogen-bond donors (Lipinski definition) is 2. The lowest BCUT2D eigenvalue weighted by Crippen LogP contribution is -2.13. The van der Waals surface area contributed by atoms with Gasteiger partial charge in [0.1, 0.15) is 0 Å². The van der Waals surface area contributed by atoms with Crippen molar-refractivity contribution in [3.8, 4) is 11.5 Å². The van der Waals surface area contributed by atoms with E-state index < -0.39 is 5.91 Å². The molecule has 2 aromatic rings. The van der Waals surface area contributed by atoms with Crippen molar-refractivity contribution in [2.45, 2.75) is 11.1 Å². The van der Waals surface area contributed by atoms with Crippen LogP contribution in [-0.4, -0.2) is 36.8 Å². The molecule has 0 saturated carbocycles. The number of thiazole rings is 1. The first kappa shape index (κ1) is 18.1. The van der Waals surface area contributed by atoms with Crippen molar-refractivity contribution in [2.75, 3.05) is 25.3 Å². The molecule has 7 nitrogen and oxygen atoms in total. The molecule has 2 rings (SSSR count).